The van der Waals surface area contributed by atoms with Crippen molar-refractivity contribution in [2.75, 3.05) is 0 Å². The minimum atomic E-state index is -0.301. The maximum absolute atomic E-state index is 12.7. The van der Waals surface area contributed by atoms with Gasteiger partial charge in [0.05, 0.1) is 6.33 Å². The molecule has 2 heterocycles. The van der Waals surface area contributed by atoms with E-state index in [2.05, 4.69) is 11.9 Å². The first kappa shape index (κ1) is 18.2. The molecule has 132 valence electrons. The summed E-state index contributed by atoms with van der Waals surface area (Å²) < 4.78 is 4.56. The quantitative estimate of drug-likeness (QED) is 0.656. The minimum Gasteiger partial charge on any atom is -0.328 e. The Bertz CT molecular complexity index is 829. The van der Waals surface area contributed by atoms with Gasteiger partial charge in [0.25, 0.3) is 5.56 Å². The van der Waals surface area contributed by atoms with Crippen molar-refractivity contribution in [1.82, 2.24) is 18.7 Å². The standard InChI is InChI=1S/C17H26N4O3/c1-4-5-7-10-20-15-14(19(3)12-18-15)16(23)21(17(20)24)11-8-6-9-13(2)22/h12H,4-11H2,1-3H3. The molecule has 0 aliphatic carbocycles. The lowest BCUT2D eigenvalue weighted by Gasteiger charge is -2.11. The number of nitrogens with zero attached hydrogens (tertiary/aromatic N) is 4. The van der Waals surface area contributed by atoms with Gasteiger partial charge in [-0.15, -0.1) is 0 Å². The Morgan fingerprint density at radius 1 is 1.08 bits per heavy atom. The van der Waals surface area contributed by atoms with Crippen LogP contribution in [-0.2, 0) is 24.9 Å². The predicted molar refractivity (Wildman–Crippen MR) is 93.3 cm³/mol. The average Bonchev–Trinajstić information content (AvgIpc) is 2.91. The van der Waals surface area contributed by atoms with E-state index in [4.69, 9.17) is 0 Å². The molecule has 0 bridgehead atoms. The molecule has 24 heavy (non-hydrogen) atoms. The second-order valence-corrected chi connectivity index (χ2v) is 6.28. The molecule has 0 spiro atoms. The summed E-state index contributed by atoms with van der Waals surface area (Å²) in [5.41, 5.74) is 0.316. The molecule has 7 heteroatoms. The molecule has 0 amide bonds. The Hall–Kier alpha value is -2.18. The van der Waals surface area contributed by atoms with E-state index < -0.39 is 0 Å². The molecule has 0 fully saturated rings. The van der Waals surface area contributed by atoms with Crippen LogP contribution in [0.25, 0.3) is 11.2 Å². The van der Waals surface area contributed by atoms with Crippen LogP contribution in [0.5, 0.6) is 0 Å². The third-order valence-electron chi connectivity index (χ3n) is 4.23. The number of unbranched alkanes of at least 4 members (excludes halogenated alkanes) is 3. The van der Waals surface area contributed by atoms with Crippen LogP contribution in [0, 0.1) is 0 Å². The Labute approximate surface area is 140 Å². The smallest absolute Gasteiger partial charge is 0.328 e. The Morgan fingerprint density at radius 3 is 2.42 bits per heavy atom. The number of fused-ring (bicyclic) bond motifs is 1. The Morgan fingerprint density at radius 2 is 1.75 bits per heavy atom. The van der Waals surface area contributed by atoms with Crippen molar-refractivity contribution in [3.8, 4) is 0 Å². The fourth-order valence-electron chi connectivity index (χ4n) is 2.88. The number of hydrogen-bond donors (Lipinski definition) is 0. The number of ketones is 1. The highest BCUT2D eigenvalue weighted by atomic mass is 16.2. The third kappa shape index (κ3) is 3.83. The van der Waals surface area contributed by atoms with Gasteiger partial charge in [0.2, 0.25) is 0 Å². The number of rotatable bonds is 9. The maximum atomic E-state index is 12.7. The summed E-state index contributed by atoms with van der Waals surface area (Å²) in [6.45, 7) is 4.55. The van der Waals surface area contributed by atoms with Crippen molar-refractivity contribution >= 4 is 16.9 Å². The molecule has 0 aliphatic rings. The van der Waals surface area contributed by atoms with Crippen LogP contribution in [0.2, 0.25) is 0 Å². The number of aromatic nitrogens is 4. The van der Waals surface area contributed by atoms with E-state index in [1.807, 2.05) is 0 Å². The van der Waals surface area contributed by atoms with E-state index in [1.165, 1.54) is 4.57 Å². The molecule has 0 aliphatic heterocycles. The molecule has 0 saturated heterocycles. The van der Waals surface area contributed by atoms with Gasteiger partial charge < -0.3 is 9.36 Å². The van der Waals surface area contributed by atoms with Gasteiger partial charge in [-0.25, -0.2) is 9.78 Å². The lowest BCUT2D eigenvalue weighted by atomic mass is 10.2. The van der Waals surface area contributed by atoms with E-state index in [0.29, 0.717) is 43.5 Å². The zero-order valence-corrected chi connectivity index (χ0v) is 14.7. The van der Waals surface area contributed by atoms with Gasteiger partial charge in [0, 0.05) is 26.6 Å². The van der Waals surface area contributed by atoms with Crippen LogP contribution < -0.4 is 11.2 Å². The van der Waals surface area contributed by atoms with Crippen LogP contribution in [0.1, 0.15) is 52.4 Å². The lowest BCUT2D eigenvalue weighted by molar-refractivity contribution is -0.117. The van der Waals surface area contributed by atoms with Crippen LogP contribution in [0.4, 0.5) is 0 Å². The first-order chi connectivity index (χ1) is 11.5. The summed E-state index contributed by atoms with van der Waals surface area (Å²) >= 11 is 0. The highest BCUT2D eigenvalue weighted by Gasteiger charge is 2.16. The predicted octanol–water partition coefficient (Wildman–Crippen LogP) is 1.85. The number of imidazole rings is 1. The van der Waals surface area contributed by atoms with E-state index in [1.54, 1.807) is 29.4 Å². The van der Waals surface area contributed by atoms with Gasteiger partial charge in [-0.05, 0) is 26.2 Å². The van der Waals surface area contributed by atoms with Crippen LogP contribution in [0.15, 0.2) is 15.9 Å². The maximum Gasteiger partial charge on any atom is 0.332 e. The summed E-state index contributed by atoms with van der Waals surface area (Å²) in [7, 11) is 1.76. The zero-order valence-electron chi connectivity index (χ0n) is 14.7. The van der Waals surface area contributed by atoms with Crippen molar-refractivity contribution in [3.05, 3.63) is 27.2 Å². The summed E-state index contributed by atoms with van der Waals surface area (Å²) in [6.07, 6.45) is 6.33. The fourth-order valence-corrected chi connectivity index (χ4v) is 2.88. The molecular weight excluding hydrogens is 308 g/mol. The Balaban J connectivity index is 2.38. The van der Waals surface area contributed by atoms with E-state index in [-0.39, 0.29) is 17.0 Å². The molecule has 0 radical (unpaired) electrons. The summed E-state index contributed by atoms with van der Waals surface area (Å²) in [5, 5.41) is 0. The molecule has 0 unspecified atom stereocenters. The van der Waals surface area contributed by atoms with Crippen molar-refractivity contribution in [2.24, 2.45) is 7.05 Å². The number of aryl methyl sites for hydroxylation is 2. The molecule has 0 atom stereocenters. The van der Waals surface area contributed by atoms with Gasteiger partial charge in [-0.2, -0.15) is 0 Å². The van der Waals surface area contributed by atoms with Crippen LogP contribution in [0.3, 0.4) is 0 Å². The van der Waals surface area contributed by atoms with Crippen molar-refractivity contribution in [3.63, 3.8) is 0 Å². The number of hydrogen-bond acceptors (Lipinski definition) is 4. The Kier molecular flexibility index (Phi) is 6.11. The molecule has 2 aromatic rings. The summed E-state index contributed by atoms with van der Waals surface area (Å²) in [4.78, 5) is 40.7. The first-order valence-electron chi connectivity index (χ1n) is 8.61. The SMILES string of the molecule is CCCCCn1c(=O)n(CCCCC(C)=O)c(=O)c2c1ncn2C. The highest BCUT2D eigenvalue weighted by Crippen LogP contribution is 2.07. The lowest BCUT2D eigenvalue weighted by Crippen LogP contribution is -2.40. The number of carbonyl (C=O) groups is 1. The molecule has 2 rings (SSSR count). The monoisotopic (exact) mass is 334 g/mol. The zero-order chi connectivity index (χ0) is 17.7. The minimum absolute atomic E-state index is 0.126. The first-order valence-corrected chi connectivity index (χ1v) is 8.61. The van der Waals surface area contributed by atoms with Crippen molar-refractivity contribution in [2.45, 2.75) is 65.5 Å². The van der Waals surface area contributed by atoms with Gasteiger partial charge in [-0.1, -0.05) is 19.8 Å². The molecule has 0 aromatic carbocycles. The third-order valence-corrected chi connectivity index (χ3v) is 4.23. The second kappa shape index (κ2) is 8.08. The summed E-state index contributed by atoms with van der Waals surface area (Å²) in [6, 6.07) is 0. The topological polar surface area (TPSA) is 78.9 Å². The van der Waals surface area contributed by atoms with Gasteiger partial charge in [0.1, 0.15) is 5.78 Å². The molecule has 2 aromatic heterocycles. The van der Waals surface area contributed by atoms with E-state index in [9.17, 15) is 14.4 Å². The second-order valence-electron chi connectivity index (χ2n) is 6.28. The van der Waals surface area contributed by atoms with Crippen LogP contribution >= 0.6 is 0 Å². The molecule has 7 nitrogen and oxygen atoms in total. The van der Waals surface area contributed by atoms with Gasteiger partial charge in [0.15, 0.2) is 11.2 Å². The van der Waals surface area contributed by atoms with Gasteiger partial charge in [-0.3, -0.25) is 13.9 Å². The average molecular weight is 334 g/mol. The highest BCUT2D eigenvalue weighted by molar-refractivity contribution is 5.75. The largest absolute Gasteiger partial charge is 0.332 e. The van der Waals surface area contributed by atoms with Crippen molar-refractivity contribution in [1.29, 1.82) is 0 Å². The number of Topliss-reactive ketones (excluding diaryl/α,β-unsaturated/α-hetero) is 1. The van der Waals surface area contributed by atoms with Gasteiger partial charge >= 0.3 is 5.69 Å². The van der Waals surface area contributed by atoms with E-state index >= 15 is 0 Å². The molecule has 0 saturated carbocycles. The van der Waals surface area contributed by atoms with Crippen molar-refractivity contribution < 1.29 is 4.79 Å². The van der Waals surface area contributed by atoms with Crippen LogP contribution in [-0.4, -0.2) is 24.5 Å². The number of carbonyl (C=O) groups excluding carboxylic acids is 1. The summed E-state index contributed by atoms with van der Waals surface area (Å²) in [5.74, 6) is 0.126. The van der Waals surface area contributed by atoms with E-state index in [0.717, 1.165) is 19.3 Å². The fraction of sp³-hybridized carbons (Fsp3) is 0.647. The molecular formula is C17H26N4O3. The molecule has 0 N–H and O–H groups in total. The normalized spacial score (nSPS) is 11.3.